The van der Waals surface area contributed by atoms with E-state index in [1.54, 1.807) is 0 Å². The molecular formula is C5H6Cl2N4S. The van der Waals surface area contributed by atoms with Gasteiger partial charge in [-0.25, -0.2) is 15.8 Å². The van der Waals surface area contributed by atoms with Crippen LogP contribution in [0.15, 0.2) is 5.16 Å². The van der Waals surface area contributed by atoms with Crippen LogP contribution in [0, 0.1) is 0 Å². The summed E-state index contributed by atoms with van der Waals surface area (Å²) in [5.74, 6) is 5.48. The van der Waals surface area contributed by atoms with Crippen molar-refractivity contribution in [3.05, 3.63) is 10.2 Å². The molecule has 3 N–H and O–H groups in total. The lowest BCUT2D eigenvalue weighted by atomic mass is 10.6. The van der Waals surface area contributed by atoms with Crippen LogP contribution in [0.3, 0.4) is 0 Å². The van der Waals surface area contributed by atoms with E-state index in [1.807, 2.05) is 6.26 Å². The lowest BCUT2D eigenvalue weighted by Crippen LogP contribution is -2.10. The van der Waals surface area contributed by atoms with E-state index in [0.29, 0.717) is 11.0 Å². The van der Waals surface area contributed by atoms with Crippen LogP contribution in [0.4, 0.5) is 5.82 Å². The van der Waals surface area contributed by atoms with Crippen molar-refractivity contribution in [1.29, 1.82) is 0 Å². The molecule has 0 amide bonds. The standard InChI is InChI=1S/C5H6Cl2N4S/c1-12-5-9-3(7)2(6)4(10-5)11-8/h8H2,1H3,(H,9,10,11). The van der Waals surface area contributed by atoms with Crippen LogP contribution < -0.4 is 11.3 Å². The Morgan fingerprint density at radius 2 is 2.08 bits per heavy atom. The average Bonchev–Trinajstić information content (AvgIpc) is 2.09. The minimum Gasteiger partial charge on any atom is -0.307 e. The lowest BCUT2D eigenvalue weighted by Gasteiger charge is -2.04. The summed E-state index contributed by atoms with van der Waals surface area (Å²) in [4.78, 5) is 7.86. The number of aromatic nitrogens is 2. The van der Waals surface area contributed by atoms with Gasteiger partial charge in [-0.15, -0.1) is 0 Å². The van der Waals surface area contributed by atoms with Gasteiger partial charge in [0.1, 0.15) is 5.02 Å². The van der Waals surface area contributed by atoms with E-state index in [2.05, 4.69) is 15.4 Å². The highest BCUT2D eigenvalue weighted by Crippen LogP contribution is 2.27. The third-order valence-corrected chi connectivity index (χ3v) is 2.39. The summed E-state index contributed by atoms with van der Waals surface area (Å²) in [6.07, 6.45) is 1.83. The molecule has 12 heavy (non-hydrogen) atoms. The van der Waals surface area contributed by atoms with Crippen LogP contribution >= 0.6 is 35.0 Å². The predicted octanol–water partition coefficient (Wildman–Crippen LogP) is 1.79. The molecule has 1 rings (SSSR count). The number of nitrogens with zero attached hydrogens (tertiary/aromatic N) is 2. The fraction of sp³-hybridized carbons (Fsp3) is 0.200. The Balaban J connectivity index is 3.19. The molecule has 0 atom stereocenters. The van der Waals surface area contributed by atoms with Crippen LogP contribution in [0.5, 0.6) is 0 Å². The van der Waals surface area contributed by atoms with Gasteiger partial charge in [-0.2, -0.15) is 0 Å². The van der Waals surface area contributed by atoms with Gasteiger partial charge in [0.2, 0.25) is 0 Å². The Bertz CT molecular complexity index is 293. The molecule has 0 unspecified atom stereocenters. The van der Waals surface area contributed by atoms with Gasteiger partial charge >= 0.3 is 0 Å². The summed E-state index contributed by atoms with van der Waals surface area (Å²) in [6.45, 7) is 0. The number of nitrogens with two attached hydrogens (primary N) is 1. The number of hydrogen-bond donors (Lipinski definition) is 2. The molecule has 0 saturated carbocycles. The minimum absolute atomic E-state index is 0.198. The number of hydrogen-bond acceptors (Lipinski definition) is 5. The molecule has 0 saturated heterocycles. The molecule has 0 radical (unpaired) electrons. The number of hydrazine groups is 1. The fourth-order valence-corrected chi connectivity index (χ4v) is 1.31. The maximum atomic E-state index is 5.71. The van der Waals surface area contributed by atoms with Crippen molar-refractivity contribution in [2.24, 2.45) is 5.84 Å². The Hall–Kier alpha value is -0.230. The summed E-state index contributed by atoms with van der Waals surface area (Å²) in [5, 5.41) is 0.957. The van der Waals surface area contributed by atoms with E-state index in [1.165, 1.54) is 11.8 Å². The monoisotopic (exact) mass is 224 g/mol. The molecule has 7 heteroatoms. The number of rotatable bonds is 2. The highest BCUT2D eigenvalue weighted by molar-refractivity contribution is 7.98. The van der Waals surface area contributed by atoms with E-state index in [-0.39, 0.29) is 10.2 Å². The summed E-state index contributed by atoms with van der Waals surface area (Å²) >= 11 is 12.8. The SMILES string of the molecule is CSc1nc(Cl)c(Cl)c(NN)n1. The van der Waals surface area contributed by atoms with E-state index in [0.717, 1.165) is 0 Å². The molecule has 0 bridgehead atoms. The molecule has 0 aromatic carbocycles. The summed E-state index contributed by atoms with van der Waals surface area (Å²) in [6, 6.07) is 0. The molecule has 1 aromatic rings. The van der Waals surface area contributed by atoms with Crippen molar-refractivity contribution in [2.75, 3.05) is 11.7 Å². The first-order valence-corrected chi connectivity index (χ1v) is 4.90. The van der Waals surface area contributed by atoms with E-state index in [4.69, 9.17) is 29.0 Å². The molecular weight excluding hydrogens is 219 g/mol. The third-order valence-electron chi connectivity index (χ3n) is 1.11. The van der Waals surface area contributed by atoms with Gasteiger partial charge in [0.15, 0.2) is 16.1 Å². The molecule has 0 aliphatic rings. The van der Waals surface area contributed by atoms with Gasteiger partial charge < -0.3 is 5.43 Å². The second-order valence-electron chi connectivity index (χ2n) is 1.81. The first-order chi connectivity index (χ1) is 5.69. The first kappa shape index (κ1) is 9.85. The Morgan fingerprint density at radius 1 is 1.42 bits per heavy atom. The van der Waals surface area contributed by atoms with Gasteiger partial charge in [0, 0.05) is 0 Å². The Morgan fingerprint density at radius 3 is 2.58 bits per heavy atom. The van der Waals surface area contributed by atoms with Crippen LogP contribution in [-0.4, -0.2) is 16.2 Å². The van der Waals surface area contributed by atoms with Gasteiger partial charge in [-0.3, -0.25) is 0 Å². The number of thioether (sulfide) groups is 1. The van der Waals surface area contributed by atoms with Crippen molar-refractivity contribution >= 4 is 40.8 Å². The fourth-order valence-electron chi connectivity index (χ4n) is 0.587. The number of halogens is 2. The molecule has 0 spiro atoms. The summed E-state index contributed by atoms with van der Waals surface area (Å²) < 4.78 is 0. The van der Waals surface area contributed by atoms with Crippen LogP contribution in [0.25, 0.3) is 0 Å². The van der Waals surface area contributed by atoms with Crippen LogP contribution in [0.1, 0.15) is 0 Å². The molecule has 0 fully saturated rings. The number of anilines is 1. The zero-order valence-corrected chi connectivity index (χ0v) is 8.46. The van der Waals surface area contributed by atoms with Crippen molar-refractivity contribution in [2.45, 2.75) is 5.16 Å². The van der Waals surface area contributed by atoms with Crippen molar-refractivity contribution in [3.63, 3.8) is 0 Å². The van der Waals surface area contributed by atoms with Crippen LogP contribution in [-0.2, 0) is 0 Å². The van der Waals surface area contributed by atoms with E-state index >= 15 is 0 Å². The molecule has 1 heterocycles. The molecule has 1 aromatic heterocycles. The van der Waals surface area contributed by atoms with Gasteiger partial charge in [0.25, 0.3) is 0 Å². The zero-order valence-electron chi connectivity index (χ0n) is 6.14. The largest absolute Gasteiger partial charge is 0.307 e. The lowest BCUT2D eigenvalue weighted by molar-refractivity contribution is 0.967. The highest BCUT2D eigenvalue weighted by Gasteiger charge is 2.08. The van der Waals surface area contributed by atoms with Gasteiger partial charge in [0.05, 0.1) is 0 Å². The van der Waals surface area contributed by atoms with Gasteiger partial charge in [-0.05, 0) is 6.26 Å². The van der Waals surface area contributed by atoms with E-state index in [9.17, 15) is 0 Å². The van der Waals surface area contributed by atoms with Crippen molar-refractivity contribution in [1.82, 2.24) is 9.97 Å². The van der Waals surface area contributed by atoms with Crippen LogP contribution in [0.2, 0.25) is 10.2 Å². The minimum atomic E-state index is 0.198. The quantitative estimate of drug-likeness (QED) is 0.264. The molecule has 66 valence electrons. The number of nitrogens with one attached hydrogen (secondary N) is 1. The van der Waals surface area contributed by atoms with Crippen molar-refractivity contribution in [3.8, 4) is 0 Å². The topological polar surface area (TPSA) is 63.8 Å². The Labute approximate surface area is 83.8 Å². The van der Waals surface area contributed by atoms with Gasteiger partial charge in [-0.1, -0.05) is 35.0 Å². The molecule has 0 aliphatic heterocycles. The van der Waals surface area contributed by atoms with E-state index < -0.39 is 0 Å². The second kappa shape index (κ2) is 4.13. The summed E-state index contributed by atoms with van der Waals surface area (Å²) in [5.41, 5.74) is 2.33. The maximum Gasteiger partial charge on any atom is 0.190 e. The maximum absolute atomic E-state index is 5.71. The normalized spacial score (nSPS) is 10.0. The summed E-state index contributed by atoms with van der Waals surface area (Å²) in [7, 11) is 0. The first-order valence-electron chi connectivity index (χ1n) is 2.92. The predicted molar refractivity (Wildman–Crippen MR) is 51.6 cm³/mol. The highest BCUT2D eigenvalue weighted by atomic mass is 35.5. The Kier molecular flexibility index (Phi) is 3.39. The molecule has 0 aliphatic carbocycles. The number of nitrogen functional groups attached to an aromatic ring is 1. The third kappa shape index (κ3) is 1.92. The second-order valence-corrected chi connectivity index (χ2v) is 3.32. The zero-order chi connectivity index (χ0) is 9.14. The average molecular weight is 225 g/mol. The molecule has 4 nitrogen and oxygen atoms in total. The van der Waals surface area contributed by atoms with Crippen molar-refractivity contribution < 1.29 is 0 Å². The smallest absolute Gasteiger partial charge is 0.190 e.